The van der Waals surface area contributed by atoms with E-state index in [1.54, 1.807) is 0 Å². The standard InChI is InChI=1S/C50H37N3S/c1-34-21-25-38(26-22-34)51(36-13-5-3-6-14-36)40-31-41(52(37-15-7-4-8-16-37)39-27-23-35(2)24-28-39)33-42(32-40)53-46-19-11-9-18-45(46)49-47(53)30-29-44-43-17-10-12-20-48(43)54-50(44)49/h3-33H,1-2H3. The van der Waals surface area contributed by atoms with E-state index in [2.05, 4.69) is 216 Å². The van der Waals surface area contributed by atoms with Crippen LogP contribution in [0.2, 0.25) is 0 Å². The van der Waals surface area contributed by atoms with Crippen molar-refractivity contribution in [2.24, 2.45) is 0 Å². The number of rotatable bonds is 7. The molecule has 0 bridgehead atoms. The first-order chi connectivity index (χ1) is 26.6. The quantitative estimate of drug-likeness (QED) is 0.163. The molecule has 4 heteroatoms. The van der Waals surface area contributed by atoms with Crippen molar-refractivity contribution in [3.8, 4) is 5.69 Å². The Morgan fingerprint density at radius 1 is 0.389 bits per heavy atom. The Morgan fingerprint density at radius 3 is 1.48 bits per heavy atom. The number of nitrogens with zero attached hydrogens (tertiary/aromatic N) is 3. The predicted octanol–water partition coefficient (Wildman–Crippen LogP) is 14.7. The number of aryl methyl sites for hydroxylation is 2. The van der Waals surface area contributed by atoms with Gasteiger partial charge in [0.2, 0.25) is 0 Å². The fourth-order valence-electron chi connectivity index (χ4n) is 7.92. The molecule has 258 valence electrons. The van der Waals surface area contributed by atoms with Crippen LogP contribution in [0, 0.1) is 13.8 Å². The first kappa shape index (κ1) is 32.1. The minimum absolute atomic E-state index is 1.07. The highest BCUT2D eigenvalue weighted by Crippen LogP contribution is 2.46. The second kappa shape index (κ2) is 13.1. The molecule has 3 nitrogen and oxygen atoms in total. The Kier molecular flexibility index (Phi) is 7.78. The zero-order valence-electron chi connectivity index (χ0n) is 30.1. The predicted molar refractivity (Wildman–Crippen MR) is 233 cm³/mol. The molecule has 0 radical (unpaired) electrons. The minimum Gasteiger partial charge on any atom is -0.310 e. The molecule has 10 aromatic rings. The van der Waals surface area contributed by atoms with Crippen LogP contribution in [0.15, 0.2) is 188 Å². The van der Waals surface area contributed by atoms with Crippen molar-refractivity contribution in [2.75, 3.05) is 9.80 Å². The van der Waals surface area contributed by atoms with Crippen molar-refractivity contribution in [3.05, 3.63) is 199 Å². The van der Waals surface area contributed by atoms with Crippen molar-refractivity contribution in [3.63, 3.8) is 0 Å². The van der Waals surface area contributed by atoms with Gasteiger partial charge in [-0.3, -0.25) is 0 Å². The topological polar surface area (TPSA) is 11.4 Å². The van der Waals surface area contributed by atoms with Gasteiger partial charge >= 0.3 is 0 Å². The van der Waals surface area contributed by atoms with Gasteiger partial charge in [0, 0.05) is 53.7 Å². The van der Waals surface area contributed by atoms with E-state index in [1.165, 1.54) is 53.1 Å². The third kappa shape index (κ3) is 5.42. The highest BCUT2D eigenvalue weighted by Gasteiger charge is 2.22. The summed E-state index contributed by atoms with van der Waals surface area (Å²) in [5.74, 6) is 0. The maximum atomic E-state index is 2.47. The van der Waals surface area contributed by atoms with E-state index >= 15 is 0 Å². The van der Waals surface area contributed by atoms with Crippen molar-refractivity contribution in [1.29, 1.82) is 0 Å². The molecule has 0 aliphatic heterocycles. The van der Waals surface area contributed by atoms with Crippen LogP contribution in [0.5, 0.6) is 0 Å². The lowest BCUT2D eigenvalue weighted by atomic mass is 10.1. The highest BCUT2D eigenvalue weighted by atomic mass is 32.1. The Bertz CT molecular complexity index is 2830. The Labute approximate surface area is 319 Å². The number of para-hydroxylation sites is 3. The van der Waals surface area contributed by atoms with Gasteiger partial charge in [-0.1, -0.05) is 114 Å². The van der Waals surface area contributed by atoms with Crippen LogP contribution in [-0.4, -0.2) is 4.57 Å². The average molecular weight is 712 g/mol. The Balaban J connectivity index is 1.31. The number of hydrogen-bond acceptors (Lipinski definition) is 3. The first-order valence-corrected chi connectivity index (χ1v) is 19.2. The van der Waals surface area contributed by atoms with Gasteiger partial charge in [-0.2, -0.15) is 0 Å². The van der Waals surface area contributed by atoms with Gasteiger partial charge in [-0.15, -0.1) is 11.3 Å². The summed E-state index contributed by atoms with van der Waals surface area (Å²) in [4.78, 5) is 4.76. The van der Waals surface area contributed by atoms with Gasteiger partial charge in [-0.05, 0) is 98.8 Å². The molecule has 2 aromatic heterocycles. The van der Waals surface area contributed by atoms with Gasteiger partial charge < -0.3 is 14.4 Å². The summed E-state index contributed by atoms with van der Waals surface area (Å²) in [6, 6.07) is 68.5. The van der Waals surface area contributed by atoms with E-state index in [4.69, 9.17) is 0 Å². The Hall–Kier alpha value is -6.62. The summed E-state index contributed by atoms with van der Waals surface area (Å²) in [6.45, 7) is 4.29. The third-order valence-corrected chi connectivity index (χ3v) is 11.7. The molecule has 0 amide bonds. The number of anilines is 6. The number of aromatic nitrogens is 1. The molecule has 8 aromatic carbocycles. The van der Waals surface area contributed by atoms with Crippen molar-refractivity contribution >= 4 is 87.4 Å². The molecule has 0 spiro atoms. The highest BCUT2D eigenvalue weighted by molar-refractivity contribution is 7.26. The van der Waals surface area contributed by atoms with Crippen LogP contribution in [0.3, 0.4) is 0 Å². The largest absolute Gasteiger partial charge is 0.310 e. The number of hydrogen-bond donors (Lipinski definition) is 0. The second-order valence-corrected chi connectivity index (χ2v) is 15.1. The first-order valence-electron chi connectivity index (χ1n) is 18.4. The molecular formula is C50H37N3S. The summed E-state index contributed by atoms with van der Waals surface area (Å²) in [5, 5.41) is 5.18. The molecule has 0 atom stereocenters. The van der Waals surface area contributed by atoms with Gasteiger partial charge in [-0.25, -0.2) is 0 Å². The van der Waals surface area contributed by atoms with Crippen LogP contribution in [-0.2, 0) is 0 Å². The zero-order chi connectivity index (χ0) is 36.2. The molecule has 0 saturated heterocycles. The zero-order valence-corrected chi connectivity index (χ0v) is 31.0. The summed E-state index contributed by atoms with van der Waals surface area (Å²) >= 11 is 1.89. The lowest BCUT2D eigenvalue weighted by Crippen LogP contribution is -2.14. The number of benzene rings is 8. The Morgan fingerprint density at radius 2 is 0.889 bits per heavy atom. The molecule has 54 heavy (non-hydrogen) atoms. The lowest BCUT2D eigenvalue weighted by Gasteiger charge is -2.30. The fourth-order valence-corrected chi connectivity index (χ4v) is 9.18. The van der Waals surface area contributed by atoms with E-state index in [-0.39, 0.29) is 0 Å². The monoisotopic (exact) mass is 711 g/mol. The van der Waals surface area contributed by atoms with Crippen LogP contribution in [0.1, 0.15) is 11.1 Å². The molecule has 0 aliphatic carbocycles. The summed E-state index contributed by atoms with van der Waals surface area (Å²) in [5.41, 5.74) is 12.5. The minimum atomic E-state index is 1.07. The smallest absolute Gasteiger partial charge is 0.0555 e. The van der Waals surface area contributed by atoms with Gasteiger partial charge in [0.05, 0.1) is 28.1 Å². The van der Waals surface area contributed by atoms with E-state index in [0.29, 0.717) is 0 Å². The van der Waals surface area contributed by atoms with Gasteiger partial charge in [0.15, 0.2) is 0 Å². The van der Waals surface area contributed by atoms with Crippen LogP contribution < -0.4 is 9.80 Å². The van der Waals surface area contributed by atoms with Crippen LogP contribution >= 0.6 is 11.3 Å². The number of thiophene rings is 1. The van der Waals surface area contributed by atoms with Gasteiger partial charge in [0.1, 0.15) is 0 Å². The van der Waals surface area contributed by atoms with E-state index < -0.39 is 0 Å². The van der Waals surface area contributed by atoms with Crippen molar-refractivity contribution in [1.82, 2.24) is 4.57 Å². The molecule has 2 heterocycles. The molecule has 10 rings (SSSR count). The molecule has 0 aliphatic rings. The summed E-state index contributed by atoms with van der Waals surface area (Å²) in [6.07, 6.45) is 0. The third-order valence-electron chi connectivity index (χ3n) is 10.5. The normalized spacial score (nSPS) is 11.5. The van der Waals surface area contributed by atoms with Crippen LogP contribution in [0.25, 0.3) is 47.7 Å². The number of fused-ring (bicyclic) bond motifs is 7. The van der Waals surface area contributed by atoms with Crippen molar-refractivity contribution in [2.45, 2.75) is 13.8 Å². The molecular weight excluding hydrogens is 675 g/mol. The SMILES string of the molecule is Cc1ccc(N(c2ccccc2)c2cc(N(c3ccccc3)c3ccc(C)cc3)cc(-n3c4ccccc4c4c5sc6ccccc6c5ccc43)c2)cc1. The summed E-state index contributed by atoms with van der Waals surface area (Å²) < 4.78 is 5.11. The second-order valence-electron chi connectivity index (χ2n) is 14.0. The maximum Gasteiger partial charge on any atom is 0.0555 e. The maximum absolute atomic E-state index is 2.47. The lowest BCUT2D eigenvalue weighted by molar-refractivity contribution is 1.16. The molecule has 0 fully saturated rings. The van der Waals surface area contributed by atoms with E-state index in [9.17, 15) is 0 Å². The fraction of sp³-hybridized carbons (Fsp3) is 0.0400. The average Bonchev–Trinajstić information content (AvgIpc) is 3.76. The van der Waals surface area contributed by atoms with Gasteiger partial charge in [0.25, 0.3) is 0 Å². The molecule has 0 saturated carbocycles. The van der Waals surface area contributed by atoms with Crippen molar-refractivity contribution < 1.29 is 0 Å². The molecule has 0 unspecified atom stereocenters. The van der Waals surface area contributed by atoms with Crippen LogP contribution in [0.4, 0.5) is 34.1 Å². The molecule has 0 N–H and O–H groups in total. The van der Waals surface area contributed by atoms with E-state index in [1.807, 2.05) is 11.3 Å². The van der Waals surface area contributed by atoms with E-state index in [0.717, 1.165) is 39.8 Å². The summed E-state index contributed by atoms with van der Waals surface area (Å²) in [7, 11) is 0.